The summed E-state index contributed by atoms with van der Waals surface area (Å²) in [5.41, 5.74) is 4.67. The van der Waals surface area contributed by atoms with Gasteiger partial charge in [-0.25, -0.2) is 0 Å². The molecule has 3 aromatic rings. The lowest BCUT2D eigenvalue weighted by atomic mass is 9.75. The van der Waals surface area contributed by atoms with Crippen LogP contribution in [0.25, 0.3) is 0 Å². The second-order valence-corrected chi connectivity index (χ2v) is 11.4. The van der Waals surface area contributed by atoms with Crippen LogP contribution >= 0.6 is 0 Å². The molecule has 4 heterocycles. The third-order valence-corrected chi connectivity index (χ3v) is 8.98. The van der Waals surface area contributed by atoms with Gasteiger partial charge >= 0.3 is 0 Å². The van der Waals surface area contributed by atoms with E-state index in [4.69, 9.17) is 18.9 Å². The Labute approximate surface area is 251 Å². The number of benzene rings is 3. The summed E-state index contributed by atoms with van der Waals surface area (Å²) in [5.74, 6) is 2.48. The smallest absolute Gasteiger partial charge is 0.254 e. The van der Waals surface area contributed by atoms with E-state index in [1.54, 1.807) is 0 Å². The molecule has 4 aliphatic rings. The van der Waals surface area contributed by atoms with Gasteiger partial charge in [-0.1, -0.05) is 24.3 Å². The van der Waals surface area contributed by atoms with Gasteiger partial charge < -0.3 is 28.7 Å². The molecule has 3 aromatic carbocycles. The summed E-state index contributed by atoms with van der Waals surface area (Å²) < 4.78 is 22.9. The van der Waals surface area contributed by atoms with E-state index >= 15 is 0 Å². The second-order valence-electron chi connectivity index (χ2n) is 11.4. The molecule has 1 saturated heterocycles. The number of carbonyl (C=O) groups excluding carboxylic acids is 2. The van der Waals surface area contributed by atoms with E-state index < -0.39 is 12.0 Å². The molecule has 7 rings (SSSR count). The highest BCUT2D eigenvalue weighted by Gasteiger charge is 2.48. The van der Waals surface area contributed by atoms with Crippen molar-refractivity contribution in [1.82, 2.24) is 14.7 Å². The molecule has 0 aromatic heterocycles. The summed E-state index contributed by atoms with van der Waals surface area (Å²) in [6, 6.07) is 17.3. The van der Waals surface area contributed by atoms with Crippen molar-refractivity contribution in [1.29, 1.82) is 0 Å². The first-order chi connectivity index (χ1) is 21.1. The molecule has 1 fully saturated rings. The lowest BCUT2D eigenvalue weighted by Gasteiger charge is -2.47. The molecule has 0 saturated carbocycles. The zero-order valence-corrected chi connectivity index (χ0v) is 24.7. The van der Waals surface area contributed by atoms with E-state index in [9.17, 15) is 9.59 Å². The highest BCUT2D eigenvalue weighted by Crippen LogP contribution is 2.49. The number of nitrogens with zero attached hydrogens (tertiary/aromatic N) is 3. The summed E-state index contributed by atoms with van der Waals surface area (Å²) in [6.07, 6.45) is 0.700. The molecule has 9 heteroatoms. The first-order valence-electron chi connectivity index (χ1n) is 15.3. The Balaban J connectivity index is 1.17. The molecular weight excluding hydrogens is 546 g/mol. The topological polar surface area (TPSA) is 80.8 Å². The minimum absolute atomic E-state index is 0.0179. The fraction of sp³-hybridized carbons (Fsp3) is 0.412. The maximum atomic E-state index is 14.5. The van der Waals surface area contributed by atoms with Crippen molar-refractivity contribution in [2.24, 2.45) is 0 Å². The van der Waals surface area contributed by atoms with Gasteiger partial charge in [0, 0.05) is 44.8 Å². The molecule has 2 amide bonds. The quantitative estimate of drug-likeness (QED) is 0.408. The number of amides is 2. The number of hydrogen-bond acceptors (Lipinski definition) is 7. The molecule has 0 bridgehead atoms. The van der Waals surface area contributed by atoms with Crippen LogP contribution in [0.2, 0.25) is 0 Å². The fourth-order valence-corrected chi connectivity index (χ4v) is 6.96. The zero-order chi connectivity index (χ0) is 29.5. The van der Waals surface area contributed by atoms with Crippen molar-refractivity contribution in [2.45, 2.75) is 38.8 Å². The first kappa shape index (κ1) is 27.6. The first-order valence-corrected chi connectivity index (χ1v) is 15.3. The lowest BCUT2D eigenvalue weighted by molar-refractivity contribution is -0.136. The summed E-state index contributed by atoms with van der Waals surface area (Å²) in [5, 5.41) is 0. The largest absolute Gasteiger partial charge is 0.490 e. The van der Waals surface area contributed by atoms with Crippen molar-refractivity contribution >= 4 is 11.8 Å². The van der Waals surface area contributed by atoms with Crippen LogP contribution < -0.4 is 18.9 Å². The molecule has 2 atom stereocenters. The predicted molar refractivity (Wildman–Crippen MR) is 160 cm³/mol. The van der Waals surface area contributed by atoms with Gasteiger partial charge in [-0.15, -0.1) is 0 Å². The fourth-order valence-electron chi connectivity index (χ4n) is 6.96. The van der Waals surface area contributed by atoms with E-state index in [2.05, 4.69) is 11.0 Å². The van der Waals surface area contributed by atoms with Crippen molar-refractivity contribution < 1.29 is 28.5 Å². The molecule has 9 nitrogen and oxygen atoms in total. The third-order valence-electron chi connectivity index (χ3n) is 8.98. The second kappa shape index (κ2) is 11.4. The summed E-state index contributed by atoms with van der Waals surface area (Å²) in [7, 11) is 0. The van der Waals surface area contributed by atoms with Crippen LogP contribution in [-0.2, 0) is 17.8 Å². The van der Waals surface area contributed by atoms with Crippen LogP contribution in [0.5, 0.6) is 23.0 Å². The highest BCUT2D eigenvalue weighted by molar-refractivity contribution is 6.01. The monoisotopic (exact) mass is 583 g/mol. The summed E-state index contributed by atoms with van der Waals surface area (Å²) in [6.45, 7) is 9.32. The third kappa shape index (κ3) is 4.95. The van der Waals surface area contributed by atoms with Crippen molar-refractivity contribution in [3.8, 4) is 23.0 Å². The van der Waals surface area contributed by atoms with E-state index in [0.29, 0.717) is 56.3 Å². The van der Waals surface area contributed by atoms with E-state index in [1.165, 1.54) is 0 Å². The minimum atomic E-state index is -0.499. The van der Waals surface area contributed by atoms with Crippen LogP contribution in [-0.4, -0.2) is 79.2 Å². The van der Waals surface area contributed by atoms with Gasteiger partial charge in [0.15, 0.2) is 23.0 Å². The van der Waals surface area contributed by atoms with Gasteiger partial charge in [-0.2, -0.15) is 0 Å². The van der Waals surface area contributed by atoms with Crippen molar-refractivity contribution in [3.05, 3.63) is 82.4 Å². The van der Waals surface area contributed by atoms with Gasteiger partial charge in [0.2, 0.25) is 12.7 Å². The van der Waals surface area contributed by atoms with Gasteiger partial charge in [-0.3, -0.25) is 14.5 Å². The Kier molecular flexibility index (Phi) is 7.34. The Bertz CT molecular complexity index is 1550. The normalized spacial score (nSPS) is 20.7. The van der Waals surface area contributed by atoms with Crippen LogP contribution in [0.3, 0.4) is 0 Å². The van der Waals surface area contributed by atoms with Crippen LogP contribution in [0.4, 0.5) is 0 Å². The molecule has 0 unspecified atom stereocenters. The average molecular weight is 584 g/mol. The van der Waals surface area contributed by atoms with E-state index in [-0.39, 0.29) is 18.6 Å². The SMILES string of the molecule is CCOc1cc2c(cc1OCC)[C@@H]1[C@H](C(=O)N3CCN(Cc4ccc5c(c4)OCO5)CC3)c3ccccc3C(=O)N1CC2. The number of ether oxygens (including phenoxy) is 4. The summed E-state index contributed by atoms with van der Waals surface area (Å²) in [4.78, 5) is 34.6. The number of piperazine rings is 1. The standard InChI is InChI=1S/C34H37N3O6/c1-3-40-29-18-23-11-12-37-32(26(23)19-30(29)41-4-2)31(24-7-5-6-8-25(24)33(37)38)34(39)36-15-13-35(14-16-36)20-22-9-10-27-28(17-22)43-21-42-27/h5-10,17-19,31-32H,3-4,11-16,20-21H2,1-2H3/t31-,32-/m1/s1. The zero-order valence-electron chi connectivity index (χ0n) is 24.7. The van der Waals surface area contributed by atoms with Crippen LogP contribution in [0, 0.1) is 0 Å². The van der Waals surface area contributed by atoms with Crippen molar-refractivity contribution in [3.63, 3.8) is 0 Å². The number of fused-ring (bicyclic) bond motifs is 5. The van der Waals surface area contributed by atoms with Gasteiger partial charge in [0.05, 0.1) is 25.2 Å². The number of hydrogen-bond donors (Lipinski definition) is 0. The maximum Gasteiger partial charge on any atom is 0.254 e. The molecule has 0 spiro atoms. The maximum absolute atomic E-state index is 14.5. The Morgan fingerprint density at radius 3 is 2.40 bits per heavy atom. The molecule has 0 radical (unpaired) electrons. The molecule has 4 aliphatic heterocycles. The number of rotatable bonds is 7. The predicted octanol–water partition coefficient (Wildman–Crippen LogP) is 4.39. The van der Waals surface area contributed by atoms with E-state index in [1.807, 2.05) is 72.2 Å². The minimum Gasteiger partial charge on any atom is -0.490 e. The van der Waals surface area contributed by atoms with Crippen molar-refractivity contribution in [2.75, 3.05) is 52.7 Å². The Morgan fingerprint density at radius 2 is 1.60 bits per heavy atom. The van der Waals surface area contributed by atoms with Gasteiger partial charge in [0.25, 0.3) is 5.91 Å². The Morgan fingerprint density at radius 1 is 0.860 bits per heavy atom. The lowest BCUT2D eigenvalue weighted by Crippen LogP contribution is -2.54. The molecule has 0 N–H and O–H groups in total. The van der Waals surface area contributed by atoms with Gasteiger partial charge in [0.1, 0.15) is 0 Å². The molecule has 0 aliphatic carbocycles. The van der Waals surface area contributed by atoms with Crippen LogP contribution in [0.15, 0.2) is 54.6 Å². The summed E-state index contributed by atoms with van der Waals surface area (Å²) >= 11 is 0. The highest BCUT2D eigenvalue weighted by atomic mass is 16.7. The molecular formula is C34H37N3O6. The number of carbonyl (C=O) groups is 2. The van der Waals surface area contributed by atoms with E-state index in [0.717, 1.165) is 53.4 Å². The molecule has 43 heavy (non-hydrogen) atoms. The average Bonchev–Trinajstić information content (AvgIpc) is 3.50. The molecule has 224 valence electrons. The van der Waals surface area contributed by atoms with Crippen LogP contribution in [0.1, 0.15) is 58.4 Å². The van der Waals surface area contributed by atoms with Gasteiger partial charge in [-0.05, 0) is 72.9 Å². The Hall–Kier alpha value is -4.24.